The zero-order chi connectivity index (χ0) is 20.6. The Hall–Kier alpha value is -2.52. The highest BCUT2D eigenvalue weighted by Gasteiger charge is 2.25. The number of hydrogen-bond donors (Lipinski definition) is 1. The van der Waals surface area contributed by atoms with Gasteiger partial charge in [-0.15, -0.1) is 5.10 Å². The molecule has 2 aliphatic rings. The third-order valence-electron chi connectivity index (χ3n) is 4.58. The molecule has 154 valence electrons. The minimum absolute atomic E-state index is 0.175. The number of amides is 1. The van der Waals surface area contributed by atoms with Gasteiger partial charge < -0.3 is 9.47 Å². The first-order chi connectivity index (χ1) is 14.0. The summed E-state index contributed by atoms with van der Waals surface area (Å²) in [7, 11) is 1.23. The van der Waals surface area contributed by atoms with E-state index in [1.807, 2.05) is 0 Å². The van der Waals surface area contributed by atoms with Gasteiger partial charge in [-0.3, -0.25) is 10.1 Å². The van der Waals surface area contributed by atoms with E-state index in [4.69, 9.17) is 4.74 Å². The fourth-order valence-electron chi connectivity index (χ4n) is 3.05. The topological polar surface area (TPSA) is 89.3 Å². The van der Waals surface area contributed by atoms with Crippen LogP contribution in [0.4, 0.5) is 4.39 Å². The molecular weight excluding hydrogens is 397 g/mol. The number of ether oxygens (including phenoxy) is 2. The van der Waals surface area contributed by atoms with Crippen molar-refractivity contribution in [2.75, 3.05) is 7.11 Å². The molecule has 29 heavy (non-hydrogen) atoms. The Kier molecular flexibility index (Phi) is 7.54. The number of thioether (sulfide) groups is 1. The average molecular weight is 419 g/mol. The van der Waals surface area contributed by atoms with Crippen molar-refractivity contribution in [1.82, 2.24) is 5.32 Å². The highest BCUT2D eigenvalue weighted by Crippen LogP contribution is 2.24. The maximum absolute atomic E-state index is 13.7. The Morgan fingerprint density at radius 1 is 1.34 bits per heavy atom. The summed E-state index contributed by atoms with van der Waals surface area (Å²) in [4.78, 5) is 23.2. The normalized spacial score (nSPS) is 20.6. The van der Waals surface area contributed by atoms with Gasteiger partial charge >= 0.3 is 5.97 Å². The minimum atomic E-state index is -0.624. The summed E-state index contributed by atoms with van der Waals surface area (Å²) in [5, 5.41) is 10.7. The van der Waals surface area contributed by atoms with Crippen LogP contribution in [0, 0.1) is 5.82 Å². The molecule has 1 N–H and O–H groups in total. The summed E-state index contributed by atoms with van der Waals surface area (Å²) in [6.45, 7) is 0.303. The molecule has 1 amide bonds. The van der Waals surface area contributed by atoms with Crippen molar-refractivity contribution in [3.05, 3.63) is 46.1 Å². The highest BCUT2D eigenvalue weighted by atomic mass is 32.2. The predicted octanol–water partition coefficient (Wildman–Crippen LogP) is 3.28. The number of benzene rings is 1. The molecule has 0 unspecified atom stereocenters. The zero-order valence-corrected chi connectivity index (χ0v) is 16.8. The van der Waals surface area contributed by atoms with Crippen LogP contribution in [0.5, 0.6) is 0 Å². The van der Waals surface area contributed by atoms with E-state index in [1.54, 1.807) is 6.07 Å². The molecule has 1 aliphatic heterocycles. The Morgan fingerprint density at radius 2 is 2.14 bits per heavy atom. The van der Waals surface area contributed by atoms with Crippen LogP contribution in [0.1, 0.15) is 43.2 Å². The lowest BCUT2D eigenvalue weighted by Crippen LogP contribution is -2.19. The molecule has 3 rings (SSSR count). The van der Waals surface area contributed by atoms with Gasteiger partial charge in [0.25, 0.3) is 5.91 Å². The molecule has 1 aromatic carbocycles. The number of carbonyl (C=O) groups is 2. The molecule has 1 heterocycles. The standard InChI is InChI=1S/C20H22FN3O4S/c1-27-18(25)10-17-19(26)23-20(29-17)24-22-11-13-7-8-15(21)9-14(13)12-28-16-5-3-2-4-6-16/h7-11,16H,2-6,12H2,1H3,(H,23,24,26)/b17-10+,22-11?. The van der Waals surface area contributed by atoms with Crippen LogP contribution in [0.3, 0.4) is 0 Å². The largest absolute Gasteiger partial charge is 0.466 e. The molecule has 0 spiro atoms. The Labute approximate surface area is 172 Å². The molecule has 1 aliphatic carbocycles. The van der Waals surface area contributed by atoms with E-state index >= 15 is 0 Å². The summed E-state index contributed by atoms with van der Waals surface area (Å²) >= 11 is 0.984. The monoisotopic (exact) mass is 419 g/mol. The fraction of sp³-hybridized carbons (Fsp3) is 0.400. The molecule has 7 nitrogen and oxygen atoms in total. The molecular formula is C20H22FN3O4S. The van der Waals surface area contributed by atoms with E-state index in [1.165, 1.54) is 31.9 Å². The van der Waals surface area contributed by atoms with Crippen LogP contribution < -0.4 is 5.32 Å². The van der Waals surface area contributed by atoms with Crippen molar-refractivity contribution in [3.8, 4) is 0 Å². The van der Waals surface area contributed by atoms with E-state index in [2.05, 4.69) is 20.3 Å². The van der Waals surface area contributed by atoms with Gasteiger partial charge in [0.2, 0.25) is 0 Å². The number of nitrogens with zero attached hydrogens (tertiary/aromatic N) is 2. The van der Waals surface area contributed by atoms with Gasteiger partial charge in [0, 0.05) is 11.6 Å². The van der Waals surface area contributed by atoms with Gasteiger partial charge in [-0.25, -0.2) is 9.18 Å². The quantitative estimate of drug-likeness (QED) is 0.331. The first kappa shape index (κ1) is 21.2. The van der Waals surface area contributed by atoms with E-state index in [0.717, 1.165) is 43.5 Å². The van der Waals surface area contributed by atoms with Crippen molar-refractivity contribution in [1.29, 1.82) is 0 Å². The maximum atomic E-state index is 13.7. The van der Waals surface area contributed by atoms with Crippen molar-refractivity contribution >= 4 is 35.0 Å². The van der Waals surface area contributed by atoms with Crippen molar-refractivity contribution in [3.63, 3.8) is 0 Å². The van der Waals surface area contributed by atoms with Crippen LogP contribution in [-0.2, 0) is 25.7 Å². The van der Waals surface area contributed by atoms with E-state index in [0.29, 0.717) is 17.7 Å². The second-order valence-corrected chi connectivity index (χ2v) is 7.68. The van der Waals surface area contributed by atoms with E-state index in [-0.39, 0.29) is 22.0 Å². The first-order valence-corrected chi connectivity index (χ1v) is 10.2. The molecule has 1 saturated carbocycles. The summed E-state index contributed by atoms with van der Waals surface area (Å²) in [5.74, 6) is -1.41. The second-order valence-electron chi connectivity index (χ2n) is 6.65. The molecule has 1 saturated heterocycles. The molecule has 0 atom stereocenters. The second kappa shape index (κ2) is 10.3. The van der Waals surface area contributed by atoms with Crippen molar-refractivity contribution in [2.24, 2.45) is 10.2 Å². The highest BCUT2D eigenvalue weighted by molar-refractivity contribution is 8.18. The lowest BCUT2D eigenvalue weighted by atomic mass is 9.98. The number of halogens is 1. The number of nitrogens with one attached hydrogen (secondary N) is 1. The van der Waals surface area contributed by atoms with Crippen LogP contribution in [-0.4, -0.2) is 36.5 Å². The molecule has 0 radical (unpaired) electrons. The van der Waals surface area contributed by atoms with Crippen LogP contribution in [0.15, 0.2) is 39.4 Å². The van der Waals surface area contributed by atoms with Crippen molar-refractivity contribution < 1.29 is 23.5 Å². The third kappa shape index (κ3) is 6.23. The summed E-state index contributed by atoms with van der Waals surface area (Å²) < 4.78 is 24.1. The number of methoxy groups -OCH3 is 1. The number of hydrogen-bond acceptors (Lipinski definition) is 7. The van der Waals surface area contributed by atoms with E-state index < -0.39 is 11.9 Å². The summed E-state index contributed by atoms with van der Waals surface area (Å²) in [5.41, 5.74) is 1.38. The van der Waals surface area contributed by atoms with Crippen molar-refractivity contribution in [2.45, 2.75) is 44.8 Å². The molecule has 2 fully saturated rings. The Balaban J connectivity index is 1.65. The smallest absolute Gasteiger partial charge is 0.331 e. The van der Waals surface area contributed by atoms with Crippen LogP contribution >= 0.6 is 11.8 Å². The number of amidine groups is 1. The van der Waals surface area contributed by atoms with Gasteiger partial charge in [-0.05, 0) is 42.3 Å². The lowest BCUT2D eigenvalue weighted by molar-refractivity contribution is -0.135. The third-order valence-corrected chi connectivity index (χ3v) is 5.48. The Morgan fingerprint density at radius 3 is 2.90 bits per heavy atom. The molecule has 0 bridgehead atoms. The lowest BCUT2D eigenvalue weighted by Gasteiger charge is -2.22. The average Bonchev–Trinajstić information content (AvgIpc) is 3.07. The summed E-state index contributed by atoms with van der Waals surface area (Å²) in [6.07, 6.45) is 8.42. The molecule has 9 heteroatoms. The van der Waals surface area contributed by atoms with Gasteiger partial charge in [0.1, 0.15) is 5.82 Å². The molecule has 1 aromatic rings. The van der Waals surface area contributed by atoms with Crippen LogP contribution in [0.25, 0.3) is 0 Å². The van der Waals surface area contributed by atoms with E-state index in [9.17, 15) is 14.0 Å². The Bertz CT molecular complexity index is 863. The number of rotatable bonds is 6. The van der Waals surface area contributed by atoms with Crippen LogP contribution in [0.2, 0.25) is 0 Å². The van der Waals surface area contributed by atoms with Gasteiger partial charge in [0.15, 0.2) is 5.17 Å². The molecule has 0 aromatic heterocycles. The first-order valence-electron chi connectivity index (χ1n) is 9.35. The number of esters is 1. The van der Waals surface area contributed by atoms with Gasteiger partial charge in [-0.2, -0.15) is 5.10 Å². The summed E-state index contributed by atoms with van der Waals surface area (Å²) in [6, 6.07) is 4.39. The van der Waals surface area contributed by atoms with Gasteiger partial charge in [-0.1, -0.05) is 25.3 Å². The SMILES string of the molecule is COC(=O)/C=C1/S/C(=N\N=Cc2ccc(F)cc2COC2CCCCC2)NC1=O. The predicted molar refractivity (Wildman–Crippen MR) is 109 cm³/mol. The number of carbonyl (C=O) groups excluding carboxylic acids is 2. The minimum Gasteiger partial charge on any atom is -0.466 e. The maximum Gasteiger partial charge on any atom is 0.331 e. The fourth-order valence-corrected chi connectivity index (χ4v) is 3.79. The zero-order valence-electron chi connectivity index (χ0n) is 16.0. The van der Waals surface area contributed by atoms with Gasteiger partial charge in [0.05, 0.1) is 30.9 Å².